The van der Waals surface area contributed by atoms with Crippen LogP contribution >= 0.6 is 11.5 Å². The third-order valence-corrected chi connectivity index (χ3v) is 5.91. The first kappa shape index (κ1) is 20.7. The summed E-state index contributed by atoms with van der Waals surface area (Å²) in [6, 6.07) is 8.56. The molecule has 1 saturated heterocycles. The summed E-state index contributed by atoms with van der Waals surface area (Å²) in [5, 5.41) is 4.05. The number of hydrogen-bond acceptors (Lipinski definition) is 6. The van der Waals surface area contributed by atoms with Crippen molar-refractivity contribution in [2.75, 3.05) is 44.2 Å². The molecule has 0 bridgehead atoms. The van der Waals surface area contributed by atoms with Crippen molar-refractivity contribution in [3.63, 3.8) is 0 Å². The number of aryl methyl sites for hydroxylation is 1. The van der Waals surface area contributed by atoms with E-state index in [2.05, 4.69) is 57.6 Å². The van der Waals surface area contributed by atoms with Crippen molar-refractivity contribution < 1.29 is 4.79 Å². The van der Waals surface area contributed by atoms with Crippen molar-refractivity contribution in [2.45, 2.75) is 39.5 Å². The second-order valence-electron chi connectivity index (χ2n) is 7.44. The highest BCUT2D eigenvalue weighted by Gasteiger charge is 2.20. The molecule has 1 aliphatic heterocycles. The molecule has 1 amide bonds. The summed E-state index contributed by atoms with van der Waals surface area (Å²) in [5.41, 5.74) is 2.52. The number of nitrogens with one attached hydrogen (secondary N) is 1. The first-order chi connectivity index (χ1) is 13.6. The topological polar surface area (TPSA) is 61.4 Å². The van der Waals surface area contributed by atoms with Gasteiger partial charge in [-0.1, -0.05) is 43.2 Å². The number of nitrogens with zero attached hydrogens (tertiary/aromatic N) is 4. The van der Waals surface area contributed by atoms with E-state index in [1.165, 1.54) is 22.7 Å². The molecule has 0 radical (unpaired) electrons. The molecule has 0 spiro atoms. The van der Waals surface area contributed by atoms with E-state index < -0.39 is 0 Å². The molecule has 1 fully saturated rings. The Bertz CT molecular complexity index is 738. The second kappa shape index (κ2) is 10.5. The van der Waals surface area contributed by atoms with Gasteiger partial charge < -0.3 is 10.2 Å². The Kier molecular flexibility index (Phi) is 7.80. The summed E-state index contributed by atoms with van der Waals surface area (Å²) in [6.07, 6.45) is 3.46. The van der Waals surface area contributed by atoms with Crippen LogP contribution in [0.4, 0.5) is 5.13 Å². The maximum atomic E-state index is 11.7. The van der Waals surface area contributed by atoms with E-state index in [4.69, 9.17) is 4.98 Å². The molecule has 2 heterocycles. The van der Waals surface area contributed by atoms with Crippen LogP contribution in [-0.4, -0.2) is 59.4 Å². The number of benzene rings is 1. The standard InChI is InChI=1S/C21H31N5OS/c1-3-4-5-20(27)22-10-11-25-12-14-26(15-13-25)21-23-19(24-28-21)16-18-8-6-17(2)7-9-18/h6-9H,3-5,10-16H2,1-2H3,(H,22,27). The number of carbonyl (C=O) groups excluding carboxylic acids is 1. The average molecular weight is 402 g/mol. The van der Waals surface area contributed by atoms with Crippen LogP contribution in [0.2, 0.25) is 0 Å². The van der Waals surface area contributed by atoms with Gasteiger partial charge in [0.05, 0.1) is 0 Å². The fraction of sp³-hybridized carbons (Fsp3) is 0.571. The Balaban J connectivity index is 1.39. The molecule has 1 aliphatic rings. The number of aromatic nitrogens is 2. The highest BCUT2D eigenvalue weighted by Crippen LogP contribution is 2.20. The number of piperazine rings is 1. The first-order valence-corrected chi connectivity index (χ1v) is 11.0. The molecule has 6 nitrogen and oxygen atoms in total. The molecular formula is C21H31N5OS. The Hall–Kier alpha value is -1.99. The smallest absolute Gasteiger partial charge is 0.220 e. The minimum absolute atomic E-state index is 0.176. The lowest BCUT2D eigenvalue weighted by Crippen LogP contribution is -2.48. The Labute approximate surface area is 172 Å². The Morgan fingerprint density at radius 2 is 1.93 bits per heavy atom. The monoisotopic (exact) mass is 401 g/mol. The van der Waals surface area contributed by atoms with Gasteiger partial charge in [0.2, 0.25) is 11.0 Å². The van der Waals surface area contributed by atoms with Crippen LogP contribution in [0.5, 0.6) is 0 Å². The third-order valence-electron chi connectivity index (χ3n) is 5.09. The summed E-state index contributed by atoms with van der Waals surface area (Å²) in [5.74, 6) is 1.08. The van der Waals surface area contributed by atoms with Crippen molar-refractivity contribution in [1.82, 2.24) is 19.6 Å². The molecule has 1 aromatic carbocycles. The molecular weight excluding hydrogens is 370 g/mol. The zero-order valence-corrected chi connectivity index (χ0v) is 17.8. The van der Waals surface area contributed by atoms with Crippen LogP contribution in [0.1, 0.15) is 43.1 Å². The Morgan fingerprint density at radius 3 is 2.64 bits per heavy atom. The fourth-order valence-electron chi connectivity index (χ4n) is 3.28. The normalized spacial score (nSPS) is 15.0. The van der Waals surface area contributed by atoms with Gasteiger partial charge in [-0.3, -0.25) is 9.69 Å². The molecule has 3 rings (SSSR count). The van der Waals surface area contributed by atoms with Crippen LogP contribution in [0.15, 0.2) is 24.3 Å². The average Bonchev–Trinajstić information content (AvgIpc) is 3.17. The lowest BCUT2D eigenvalue weighted by Gasteiger charge is -2.34. The molecule has 7 heteroatoms. The minimum atomic E-state index is 0.176. The third kappa shape index (κ3) is 6.27. The minimum Gasteiger partial charge on any atom is -0.355 e. The summed E-state index contributed by atoms with van der Waals surface area (Å²) < 4.78 is 4.55. The number of unbranched alkanes of at least 4 members (excludes halogenated alkanes) is 1. The summed E-state index contributed by atoms with van der Waals surface area (Å²) in [4.78, 5) is 21.2. The van der Waals surface area contributed by atoms with Crippen LogP contribution < -0.4 is 10.2 Å². The highest BCUT2D eigenvalue weighted by atomic mass is 32.1. The van der Waals surface area contributed by atoms with Crippen molar-refractivity contribution in [2.24, 2.45) is 0 Å². The van der Waals surface area contributed by atoms with Crippen molar-refractivity contribution >= 4 is 22.6 Å². The van der Waals surface area contributed by atoms with E-state index in [1.54, 1.807) is 0 Å². The second-order valence-corrected chi connectivity index (χ2v) is 8.17. The van der Waals surface area contributed by atoms with Gasteiger partial charge >= 0.3 is 0 Å². The number of amides is 1. The van der Waals surface area contributed by atoms with Gasteiger partial charge in [-0.15, -0.1) is 0 Å². The van der Waals surface area contributed by atoms with Gasteiger partial charge in [-0.2, -0.15) is 4.37 Å². The van der Waals surface area contributed by atoms with Crippen LogP contribution in [-0.2, 0) is 11.2 Å². The zero-order chi connectivity index (χ0) is 19.8. The van der Waals surface area contributed by atoms with Gasteiger partial charge in [-0.05, 0) is 18.9 Å². The zero-order valence-electron chi connectivity index (χ0n) is 17.0. The van der Waals surface area contributed by atoms with E-state index in [0.29, 0.717) is 6.42 Å². The molecule has 2 aromatic rings. The summed E-state index contributed by atoms with van der Waals surface area (Å²) in [7, 11) is 0. The lowest BCUT2D eigenvalue weighted by atomic mass is 10.1. The maximum absolute atomic E-state index is 11.7. The van der Waals surface area contributed by atoms with Crippen molar-refractivity contribution in [3.05, 3.63) is 41.2 Å². The molecule has 0 atom stereocenters. The van der Waals surface area contributed by atoms with Crippen molar-refractivity contribution in [3.8, 4) is 0 Å². The highest BCUT2D eigenvalue weighted by molar-refractivity contribution is 7.09. The number of hydrogen-bond donors (Lipinski definition) is 1. The number of anilines is 1. The SMILES string of the molecule is CCCCC(=O)NCCN1CCN(c2nc(Cc3ccc(C)cc3)ns2)CC1. The molecule has 0 saturated carbocycles. The van der Waals surface area contributed by atoms with Crippen LogP contribution in [0.25, 0.3) is 0 Å². The molecule has 152 valence electrons. The van der Waals surface area contributed by atoms with Gasteiger partial charge in [-0.25, -0.2) is 4.98 Å². The predicted molar refractivity (Wildman–Crippen MR) is 115 cm³/mol. The summed E-state index contributed by atoms with van der Waals surface area (Å²) in [6.45, 7) is 9.78. The van der Waals surface area contributed by atoms with E-state index in [0.717, 1.165) is 69.5 Å². The first-order valence-electron chi connectivity index (χ1n) is 10.3. The molecule has 1 N–H and O–H groups in total. The fourth-order valence-corrected chi connectivity index (χ4v) is 4.01. The molecule has 28 heavy (non-hydrogen) atoms. The molecule has 1 aromatic heterocycles. The predicted octanol–water partition coefficient (Wildman–Crippen LogP) is 2.87. The number of rotatable bonds is 9. The Morgan fingerprint density at radius 1 is 1.18 bits per heavy atom. The van der Waals surface area contributed by atoms with Gasteiger partial charge in [0.15, 0.2) is 0 Å². The van der Waals surface area contributed by atoms with E-state index >= 15 is 0 Å². The lowest BCUT2D eigenvalue weighted by molar-refractivity contribution is -0.121. The van der Waals surface area contributed by atoms with Gasteiger partial charge in [0, 0.05) is 63.6 Å². The molecule has 0 unspecified atom stereocenters. The van der Waals surface area contributed by atoms with Gasteiger partial charge in [0.25, 0.3) is 0 Å². The molecule has 0 aliphatic carbocycles. The number of carbonyl (C=O) groups is 1. The summed E-state index contributed by atoms with van der Waals surface area (Å²) >= 11 is 1.50. The van der Waals surface area contributed by atoms with E-state index in [-0.39, 0.29) is 5.91 Å². The maximum Gasteiger partial charge on any atom is 0.220 e. The van der Waals surface area contributed by atoms with Gasteiger partial charge in [0.1, 0.15) is 5.82 Å². The van der Waals surface area contributed by atoms with Crippen molar-refractivity contribution in [1.29, 1.82) is 0 Å². The largest absolute Gasteiger partial charge is 0.355 e. The van der Waals surface area contributed by atoms with Crippen LogP contribution in [0, 0.1) is 6.92 Å². The quantitative estimate of drug-likeness (QED) is 0.700. The van der Waals surface area contributed by atoms with Crippen LogP contribution in [0.3, 0.4) is 0 Å². The van der Waals surface area contributed by atoms with E-state index in [9.17, 15) is 4.79 Å². The van der Waals surface area contributed by atoms with E-state index in [1.807, 2.05) is 0 Å².